The quantitative estimate of drug-likeness (QED) is 0.585. The lowest BCUT2D eigenvalue weighted by atomic mass is 9.80. The number of nitrogens with zero attached hydrogens (tertiary/aromatic N) is 1. The number of fused-ring (bicyclic) bond motifs is 3. The van der Waals surface area contributed by atoms with E-state index in [9.17, 15) is 14.7 Å². The van der Waals surface area contributed by atoms with Gasteiger partial charge >= 0.3 is 5.97 Å². The van der Waals surface area contributed by atoms with E-state index in [2.05, 4.69) is 0 Å². The number of methoxy groups -OCH3 is 1. The lowest BCUT2D eigenvalue weighted by Crippen LogP contribution is -2.62. The molecule has 7 nitrogen and oxygen atoms in total. The van der Waals surface area contributed by atoms with Crippen LogP contribution in [-0.4, -0.2) is 65.2 Å². The fraction of sp³-hybridized carbons (Fsp3) is 0.867. The predicted molar refractivity (Wildman–Crippen MR) is 74.7 cm³/mol. The standard InChI is InChI=1S/C15H23NO6/c1-12(2,3)10-16-9(18)15(6-7-17)13(4,22-15)14(16,8-21-10)11(19)20-5/h10,17H,6-8H2,1-5H3/t10-,13-,14+,15+/m1/s1. The summed E-state index contributed by atoms with van der Waals surface area (Å²) in [5.74, 6) is -0.834. The van der Waals surface area contributed by atoms with Crippen molar-refractivity contribution in [3.05, 3.63) is 0 Å². The Morgan fingerprint density at radius 2 is 2.14 bits per heavy atom. The van der Waals surface area contributed by atoms with Gasteiger partial charge in [0.05, 0.1) is 13.7 Å². The van der Waals surface area contributed by atoms with Crippen molar-refractivity contribution in [3.63, 3.8) is 0 Å². The summed E-state index contributed by atoms with van der Waals surface area (Å²) < 4.78 is 16.6. The number of aliphatic hydroxyl groups is 1. The van der Waals surface area contributed by atoms with Gasteiger partial charge in [0, 0.05) is 18.4 Å². The Morgan fingerprint density at radius 1 is 1.50 bits per heavy atom. The van der Waals surface area contributed by atoms with Crippen LogP contribution in [0.5, 0.6) is 0 Å². The molecule has 22 heavy (non-hydrogen) atoms. The van der Waals surface area contributed by atoms with Crippen molar-refractivity contribution in [2.45, 2.75) is 57.1 Å². The monoisotopic (exact) mass is 313 g/mol. The van der Waals surface area contributed by atoms with Crippen LogP contribution < -0.4 is 0 Å². The molecule has 0 radical (unpaired) electrons. The van der Waals surface area contributed by atoms with Crippen LogP contribution >= 0.6 is 0 Å². The molecule has 1 N–H and O–H groups in total. The Kier molecular flexibility index (Phi) is 3.01. The van der Waals surface area contributed by atoms with Gasteiger partial charge in [0.15, 0.2) is 11.1 Å². The van der Waals surface area contributed by atoms with Crippen molar-refractivity contribution in [1.29, 1.82) is 0 Å². The maximum absolute atomic E-state index is 13.0. The molecule has 3 fully saturated rings. The molecule has 3 aliphatic heterocycles. The van der Waals surface area contributed by atoms with Crippen LogP contribution in [0.1, 0.15) is 34.1 Å². The summed E-state index contributed by atoms with van der Waals surface area (Å²) in [5.41, 5.74) is -3.83. The van der Waals surface area contributed by atoms with Gasteiger partial charge in [-0.15, -0.1) is 0 Å². The Bertz CT molecular complexity index is 543. The smallest absolute Gasteiger partial charge is 0.337 e. The minimum atomic E-state index is -1.29. The molecule has 3 saturated heterocycles. The summed E-state index contributed by atoms with van der Waals surface area (Å²) in [7, 11) is 1.29. The van der Waals surface area contributed by atoms with E-state index < -0.39 is 28.9 Å². The lowest BCUT2D eigenvalue weighted by Gasteiger charge is -2.39. The van der Waals surface area contributed by atoms with E-state index in [1.165, 1.54) is 12.0 Å². The third kappa shape index (κ3) is 1.42. The number of hydrogen-bond donors (Lipinski definition) is 1. The fourth-order valence-electron chi connectivity index (χ4n) is 4.09. The third-order valence-electron chi connectivity index (χ3n) is 5.28. The first-order chi connectivity index (χ1) is 10.1. The van der Waals surface area contributed by atoms with Gasteiger partial charge in [-0.3, -0.25) is 9.69 Å². The highest BCUT2D eigenvalue weighted by molar-refractivity contribution is 6.04. The number of carbonyl (C=O) groups excluding carboxylic acids is 2. The number of morpholine rings is 1. The SMILES string of the molecule is COC(=O)[C@]12CO[C@H](C(C)(C)C)N1C(=O)[C@]1(CCO)O[C@@]12C. The van der Waals surface area contributed by atoms with Gasteiger partial charge in [-0.25, -0.2) is 4.79 Å². The van der Waals surface area contributed by atoms with Crippen LogP contribution in [0.15, 0.2) is 0 Å². The van der Waals surface area contributed by atoms with Crippen LogP contribution in [0.3, 0.4) is 0 Å². The van der Waals surface area contributed by atoms with E-state index in [0.29, 0.717) is 0 Å². The second-order valence-corrected chi connectivity index (χ2v) is 7.49. The van der Waals surface area contributed by atoms with Crippen molar-refractivity contribution >= 4 is 11.9 Å². The van der Waals surface area contributed by atoms with Crippen molar-refractivity contribution < 1.29 is 28.9 Å². The normalized spacial score (nSPS) is 43.1. The van der Waals surface area contributed by atoms with Crippen LogP contribution in [0, 0.1) is 5.41 Å². The van der Waals surface area contributed by atoms with Gasteiger partial charge in [0.25, 0.3) is 5.91 Å². The van der Waals surface area contributed by atoms with E-state index in [1.54, 1.807) is 6.92 Å². The second kappa shape index (κ2) is 4.21. The Labute approximate surface area is 129 Å². The predicted octanol–water partition coefficient (Wildman–Crippen LogP) is 0.0529. The maximum Gasteiger partial charge on any atom is 0.337 e. The molecule has 1 amide bonds. The molecule has 7 heteroatoms. The molecule has 0 unspecified atom stereocenters. The number of epoxide rings is 1. The molecule has 3 rings (SSSR count). The zero-order valence-electron chi connectivity index (χ0n) is 13.6. The van der Waals surface area contributed by atoms with E-state index in [1.807, 2.05) is 20.8 Å². The summed E-state index contributed by atoms with van der Waals surface area (Å²) in [6.07, 6.45) is -0.378. The first-order valence-electron chi connectivity index (χ1n) is 7.47. The van der Waals surface area contributed by atoms with Gasteiger partial charge in [-0.05, 0) is 6.92 Å². The number of rotatable bonds is 3. The van der Waals surface area contributed by atoms with Gasteiger partial charge in [-0.2, -0.15) is 0 Å². The highest BCUT2D eigenvalue weighted by atomic mass is 16.7. The largest absolute Gasteiger partial charge is 0.467 e. The van der Waals surface area contributed by atoms with E-state index in [4.69, 9.17) is 14.2 Å². The number of esters is 1. The van der Waals surface area contributed by atoms with Gasteiger partial charge in [0.2, 0.25) is 0 Å². The fourth-order valence-corrected chi connectivity index (χ4v) is 4.09. The number of hydrogen-bond acceptors (Lipinski definition) is 6. The van der Waals surface area contributed by atoms with Crippen LogP contribution in [-0.2, 0) is 23.8 Å². The van der Waals surface area contributed by atoms with Gasteiger partial charge < -0.3 is 19.3 Å². The molecule has 0 aromatic rings. The molecule has 0 aliphatic carbocycles. The van der Waals surface area contributed by atoms with Gasteiger partial charge in [-0.1, -0.05) is 20.8 Å². The Morgan fingerprint density at radius 3 is 2.64 bits per heavy atom. The minimum Gasteiger partial charge on any atom is -0.467 e. The second-order valence-electron chi connectivity index (χ2n) is 7.49. The molecule has 124 valence electrons. The molecule has 0 aromatic carbocycles. The molecular weight excluding hydrogens is 290 g/mol. The molecule has 3 aliphatic rings. The van der Waals surface area contributed by atoms with Crippen molar-refractivity contribution in [3.8, 4) is 0 Å². The molecule has 0 aromatic heterocycles. The maximum atomic E-state index is 13.0. The van der Waals surface area contributed by atoms with E-state index in [-0.39, 0.29) is 31.0 Å². The summed E-state index contributed by atoms with van der Waals surface area (Å²) in [6.45, 7) is 7.43. The summed E-state index contributed by atoms with van der Waals surface area (Å²) in [4.78, 5) is 27.1. The molecule has 4 atom stereocenters. The van der Waals surface area contributed by atoms with Gasteiger partial charge in [0.1, 0.15) is 11.8 Å². The Hall–Kier alpha value is -1.18. The molecule has 0 spiro atoms. The van der Waals surface area contributed by atoms with E-state index >= 15 is 0 Å². The molecule has 0 bridgehead atoms. The average molecular weight is 313 g/mol. The first-order valence-corrected chi connectivity index (χ1v) is 7.47. The topological polar surface area (TPSA) is 88.6 Å². The van der Waals surface area contributed by atoms with E-state index in [0.717, 1.165) is 0 Å². The summed E-state index contributed by atoms with van der Waals surface area (Å²) >= 11 is 0. The third-order valence-corrected chi connectivity index (χ3v) is 5.28. The van der Waals surface area contributed by atoms with Crippen LogP contribution in [0.2, 0.25) is 0 Å². The molecular formula is C15H23NO6. The zero-order valence-corrected chi connectivity index (χ0v) is 13.6. The number of ether oxygens (including phenoxy) is 3. The van der Waals surface area contributed by atoms with Crippen molar-refractivity contribution in [2.75, 3.05) is 20.3 Å². The van der Waals surface area contributed by atoms with Crippen LogP contribution in [0.4, 0.5) is 0 Å². The summed E-state index contributed by atoms with van der Waals surface area (Å²) in [6, 6.07) is 0. The lowest BCUT2D eigenvalue weighted by molar-refractivity contribution is -0.168. The average Bonchev–Trinajstić information content (AvgIpc) is 2.82. The number of aliphatic hydroxyl groups excluding tert-OH is 1. The number of amides is 1. The van der Waals surface area contributed by atoms with Crippen LogP contribution in [0.25, 0.3) is 0 Å². The van der Waals surface area contributed by atoms with Crippen molar-refractivity contribution in [2.24, 2.45) is 5.41 Å². The number of carbonyl (C=O) groups is 2. The van der Waals surface area contributed by atoms with Crippen molar-refractivity contribution in [1.82, 2.24) is 4.90 Å². The minimum absolute atomic E-state index is 0.0387. The zero-order chi connectivity index (χ0) is 16.6. The highest BCUT2D eigenvalue weighted by Gasteiger charge is 2.92. The highest BCUT2D eigenvalue weighted by Crippen LogP contribution is 2.67. The first kappa shape index (κ1) is 15.7. The summed E-state index contributed by atoms with van der Waals surface area (Å²) in [5, 5.41) is 9.32. The molecule has 0 saturated carbocycles. The Balaban J connectivity index is 2.13. The molecule has 3 heterocycles.